The van der Waals surface area contributed by atoms with E-state index in [4.69, 9.17) is 9.84 Å². The van der Waals surface area contributed by atoms with Crippen LogP contribution < -0.4 is 4.74 Å². The molecule has 0 fully saturated rings. The van der Waals surface area contributed by atoms with Gasteiger partial charge in [-0.25, -0.2) is 9.78 Å². The molecule has 6 heteroatoms. The smallest absolute Gasteiger partial charge is 0.374 e. The minimum absolute atomic E-state index is 0.223. The highest BCUT2D eigenvalue weighted by Crippen LogP contribution is 2.28. The van der Waals surface area contributed by atoms with Gasteiger partial charge in [-0.15, -0.1) is 0 Å². The zero-order chi connectivity index (χ0) is 14.8. The molecule has 0 radical (unpaired) electrons. The fraction of sp³-hybridized carbons (Fsp3) is 0. The second-order valence-electron chi connectivity index (χ2n) is 4.23. The summed E-state index contributed by atoms with van der Waals surface area (Å²) in [7, 11) is 0. The van der Waals surface area contributed by atoms with E-state index in [1.807, 2.05) is 18.2 Å². The summed E-state index contributed by atoms with van der Waals surface area (Å²) >= 11 is 3.34. The van der Waals surface area contributed by atoms with Crippen molar-refractivity contribution >= 4 is 32.8 Å². The molecule has 3 rings (SSSR count). The molecule has 0 aliphatic heterocycles. The first-order valence-electron chi connectivity index (χ1n) is 6.07. The molecule has 0 spiro atoms. The molecule has 0 amide bonds. The van der Waals surface area contributed by atoms with Crippen LogP contribution in [0, 0.1) is 0 Å². The van der Waals surface area contributed by atoms with Crippen LogP contribution in [0.15, 0.2) is 53.0 Å². The Morgan fingerprint density at radius 1 is 1.05 bits per heavy atom. The van der Waals surface area contributed by atoms with Crippen molar-refractivity contribution in [3.05, 3.63) is 58.8 Å². The maximum Gasteiger partial charge on any atom is 0.374 e. The fourth-order valence-corrected chi connectivity index (χ4v) is 2.10. The van der Waals surface area contributed by atoms with E-state index in [9.17, 15) is 4.79 Å². The van der Waals surface area contributed by atoms with Crippen LogP contribution in [0.1, 0.15) is 10.6 Å². The Balaban J connectivity index is 2.11. The Morgan fingerprint density at radius 3 is 2.48 bits per heavy atom. The molecule has 1 aromatic heterocycles. The number of hydrogen-bond donors (Lipinski definition) is 1. The van der Waals surface area contributed by atoms with Crippen LogP contribution in [-0.4, -0.2) is 21.0 Å². The molecule has 0 unspecified atom stereocenters. The SMILES string of the molecule is O=C(O)c1nc(Oc2ccc(Br)cc2)c2ccccc2n1. The summed E-state index contributed by atoms with van der Waals surface area (Å²) in [6.07, 6.45) is 0. The van der Waals surface area contributed by atoms with Gasteiger partial charge in [-0.1, -0.05) is 28.1 Å². The fourth-order valence-electron chi connectivity index (χ4n) is 1.84. The Bertz CT molecular complexity index is 819. The summed E-state index contributed by atoms with van der Waals surface area (Å²) in [4.78, 5) is 19.1. The monoisotopic (exact) mass is 344 g/mol. The van der Waals surface area contributed by atoms with Gasteiger partial charge in [0.2, 0.25) is 11.7 Å². The van der Waals surface area contributed by atoms with E-state index in [1.165, 1.54) is 0 Å². The molecule has 0 aliphatic carbocycles. The van der Waals surface area contributed by atoms with Gasteiger partial charge in [-0.2, -0.15) is 4.98 Å². The van der Waals surface area contributed by atoms with E-state index in [-0.39, 0.29) is 11.7 Å². The minimum Gasteiger partial charge on any atom is -0.475 e. The standard InChI is InChI=1S/C15H9BrN2O3/c16-9-5-7-10(8-6-9)21-14-11-3-1-2-4-12(11)17-13(18-14)15(19)20/h1-8H,(H,19,20). The lowest BCUT2D eigenvalue weighted by Crippen LogP contribution is -2.05. The Labute approximate surface area is 128 Å². The summed E-state index contributed by atoms with van der Waals surface area (Å²) in [6, 6.07) is 14.3. The second-order valence-corrected chi connectivity index (χ2v) is 5.15. The van der Waals surface area contributed by atoms with E-state index < -0.39 is 5.97 Å². The summed E-state index contributed by atoms with van der Waals surface area (Å²) in [5.41, 5.74) is 0.525. The third-order valence-corrected chi connectivity index (χ3v) is 3.32. The third kappa shape index (κ3) is 2.85. The number of carbonyl (C=O) groups is 1. The number of aromatic nitrogens is 2. The summed E-state index contributed by atoms with van der Waals surface area (Å²) in [5, 5.41) is 9.74. The average molecular weight is 345 g/mol. The zero-order valence-electron chi connectivity index (χ0n) is 10.7. The van der Waals surface area contributed by atoms with Crippen LogP contribution in [0.4, 0.5) is 0 Å². The largest absolute Gasteiger partial charge is 0.475 e. The first-order valence-corrected chi connectivity index (χ1v) is 6.86. The maximum absolute atomic E-state index is 11.1. The Kier molecular flexibility index (Phi) is 3.53. The van der Waals surface area contributed by atoms with Crippen molar-refractivity contribution in [3.8, 4) is 11.6 Å². The molecular formula is C15H9BrN2O3. The van der Waals surface area contributed by atoms with Gasteiger partial charge in [0.1, 0.15) is 5.75 Å². The lowest BCUT2D eigenvalue weighted by atomic mass is 10.2. The number of ether oxygens (including phenoxy) is 1. The molecule has 3 aromatic rings. The number of nitrogens with zero attached hydrogens (tertiary/aromatic N) is 2. The molecule has 21 heavy (non-hydrogen) atoms. The number of carboxylic acid groups (broad SMARTS) is 1. The Morgan fingerprint density at radius 2 is 1.76 bits per heavy atom. The van der Waals surface area contributed by atoms with Crippen LogP contribution in [0.3, 0.4) is 0 Å². The first-order chi connectivity index (χ1) is 10.1. The number of aromatic carboxylic acids is 1. The lowest BCUT2D eigenvalue weighted by molar-refractivity contribution is 0.0683. The number of rotatable bonds is 3. The third-order valence-electron chi connectivity index (χ3n) is 2.79. The van der Waals surface area contributed by atoms with Gasteiger partial charge in [0.25, 0.3) is 0 Å². The van der Waals surface area contributed by atoms with Crippen molar-refractivity contribution in [2.24, 2.45) is 0 Å². The van der Waals surface area contributed by atoms with Crippen LogP contribution >= 0.6 is 15.9 Å². The Hall–Kier alpha value is -2.47. The second kappa shape index (κ2) is 5.49. The highest BCUT2D eigenvalue weighted by molar-refractivity contribution is 9.10. The van der Waals surface area contributed by atoms with Gasteiger partial charge in [0.05, 0.1) is 10.9 Å². The summed E-state index contributed by atoms with van der Waals surface area (Å²) in [6.45, 7) is 0. The maximum atomic E-state index is 11.1. The van der Waals surface area contributed by atoms with Crippen LogP contribution in [0.25, 0.3) is 10.9 Å². The molecule has 0 atom stereocenters. The van der Waals surface area contributed by atoms with Gasteiger partial charge in [0, 0.05) is 4.47 Å². The zero-order valence-corrected chi connectivity index (χ0v) is 12.2. The molecule has 1 N–H and O–H groups in total. The van der Waals surface area contributed by atoms with Crippen LogP contribution in [0.5, 0.6) is 11.6 Å². The van der Waals surface area contributed by atoms with Crippen LogP contribution in [-0.2, 0) is 0 Å². The van der Waals surface area contributed by atoms with Gasteiger partial charge in [-0.3, -0.25) is 0 Å². The molecule has 0 bridgehead atoms. The predicted molar refractivity (Wildman–Crippen MR) is 80.7 cm³/mol. The number of benzene rings is 2. The van der Waals surface area contributed by atoms with Gasteiger partial charge in [0.15, 0.2) is 0 Å². The topological polar surface area (TPSA) is 72.3 Å². The summed E-state index contributed by atoms with van der Waals surface area (Å²) < 4.78 is 6.63. The van der Waals surface area contributed by atoms with Crippen molar-refractivity contribution in [1.29, 1.82) is 0 Å². The molecule has 0 saturated heterocycles. The highest BCUT2D eigenvalue weighted by atomic mass is 79.9. The lowest BCUT2D eigenvalue weighted by Gasteiger charge is -2.08. The van der Waals surface area contributed by atoms with Crippen molar-refractivity contribution < 1.29 is 14.6 Å². The van der Waals surface area contributed by atoms with E-state index in [1.54, 1.807) is 30.3 Å². The van der Waals surface area contributed by atoms with Gasteiger partial charge >= 0.3 is 5.97 Å². The summed E-state index contributed by atoms with van der Waals surface area (Å²) in [5.74, 6) is -0.694. The normalized spacial score (nSPS) is 10.5. The quantitative estimate of drug-likeness (QED) is 0.780. The van der Waals surface area contributed by atoms with E-state index in [0.717, 1.165) is 4.47 Å². The van der Waals surface area contributed by atoms with E-state index in [2.05, 4.69) is 25.9 Å². The molecule has 0 saturated carbocycles. The van der Waals surface area contributed by atoms with Crippen molar-refractivity contribution in [1.82, 2.24) is 9.97 Å². The van der Waals surface area contributed by atoms with Gasteiger partial charge < -0.3 is 9.84 Å². The molecule has 1 heterocycles. The number of hydrogen-bond acceptors (Lipinski definition) is 4. The minimum atomic E-state index is -1.19. The number of fused-ring (bicyclic) bond motifs is 1. The van der Waals surface area contributed by atoms with Gasteiger partial charge in [-0.05, 0) is 36.4 Å². The molecular weight excluding hydrogens is 336 g/mol. The highest BCUT2D eigenvalue weighted by Gasteiger charge is 2.14. The van der Waals surface area contributed by atoms with E-state index >= 15 is 0 Å². The number of halogens is 1. The first kappa shape index (κ1) is 13.5. The number of carboxylic acids is 1. The van der Waals surface area contributed by atoms with Crippen LogP contribution in [0.2, 0.25) is 0 Å². The molecule has 2 aromatic carbocycles. The number of para-hydroxylation sites is 1. The molecule has 0 aliphatic rings. The van der Waals surface area contributed by atoms with Crippen molar-refractivity contribution in [2.75, 3.05) is 0 Å². The van der Waals surface area contributed by atoms with E-state index in [0.29, 0.717) is 16.7 Å². The van der Waals surface area contributed by atoms with Crippen molar-refractivity contribution in [2.45, 2.75) is 0 Å². The van der Waals surface area contributed by atoms with Crippen molar-refractivity contribution in [3.63, 3.8) is 0 Å². The predicted octanol–water partition coefficient (Wildman–Crippen LogP) is 3.88. The molecule has 5 nitrogen and oxygen atoms in total. The molecule has 104 valence electrons. The average Bonchev–Trinajstić information content (AvgIpc) is 2.49.